The predicted molar refractivity (Wildman–Crippen MR) is 127 cm³/mol. The highest BCUT2D eigenvalue weighted by Gasteiger charge is 2.39. The first kappa shape index (κ1) is 20.1. The summed E-state index contributed by atoms with van der Waals surface area (Å²) < 4.78 is 28.3. The van der Waals surface area contributed by atoms with Gasteiger partial charge in [-0.15, -0.1) is 0 Å². The van der Waals surface area contributed by atoms with E-state index in [1.165, 1.54) is 6.42 Å². The third kappa shape index (κ3) is 3.70. The van der Waals surface area contributed by atoms with E-state index in [1.807, 2.05) is 54.6 Å². The summed E-state index contributed by atoms with van der Waals surface area (Å²) >= 11 is 0. The second-order valence-corrected chi connectivity index (χ2v) is 10.6. The van der Waals surface area contributed by atoms with E-state index in [1.54, 1.807) is 12.1 Å². The summed E-state index contributed by atoms with van der Waals surface area (Å²) in [5.74, 6) is 0.112. The van der Waals surface area contributed by atoms with E-state index in [2.05, 4.69) is 23.2 Å². The number of aromatic amines is 1. The lowest BCUT2D eigenvalue weighted by atomic mass is 9.83. The Bertz CT molecular complexity index is 1270. The second-order valence-electron chi connectivity index (χ2n) is 8.50. The van der Waals surface area contributed by atoms with Crippen LogP contribution in [0.25, 0.3) is 22.2 Å². The van der Waals surface area contributed by atoms with Gasteiger partial charge < -0.3 is 4.98 Å². The fraction of sp³-hybridized carbons (Fsp3) is 0.259. The molecule has 1 atom stereocenters. The van der Waals surface area contributed by atoms with Gasteiger partial charge in [0.1, 0.15) is 0 Å². The Morgan fingerprint density at radius 2 is 1.35 bits per heavy atom. The van der Waals surface area contributed by atoms with Crippen LogP contribution in [0, 0.1) is 5.92 Å². The Morgan fingerprint density at radius 1 is 0.742 bits per heavy atom. The molecule has 4 heteroatoms. The number of para-hydroxylation sites is 1. The van der Waals surface area contributed by atoms with Crippen LogP contribution in [0.5, 0.6) is 0 Å². The van der Waals surface area contributed by atoms with Gasteiger partial charge in [0.2, 0.25) is 0 Å². The Balaban J connectivity index is 1.79. The number of benzene rings is 3. The Morgan fingerprint density at radius 3 is 2.06 bits per heavy atom. The zero-order valence-electron chi connectivity index (χ0n) is 17.5. The standard InChI is InChI=1S/C27H27NO2S/c29-31(30,22-16-8-3-9-17-22)27(21-14-6-2-7-15-21)25-23-18-10-11-19-24(23)28-26(25)20-12-4-1-5-13-20/h1,3-5,8-13,16-19,21,27-28H,2,6-7,14-15H2. The van der Waals surface area contributed by atoms with E-state index in [4.69, 9.17) is 0 Å². The van der Waals surface area contributed by atoms with E-state index in [-0.39, 0.29) is 5.92 Å². The van der Waals surface area contributed by atoms with Gasteiger partial charge in [0, 0.05) is 16.5 Å². The lowest BCUT2D eigenvalue weighted by molar-refractivity contribution is 0.344. The number of H-pyrrole nitrogens is 1. The molecular weight excluding hydrogens is 402 g/mol. The van der Waals surface area contributed by atoms with Crippen LogP contribution in [0.1, 0.15) is 42.9 Å². The molecule has 1 fully saturated rings. The highest BCUT2D eigenvalue weighted by atomic mass is 32.2. The van der Waals surface area contributed by atoms with Crippen LogP contribution < -0.4 is 0 Å². The molecule has 1 N–H and O–H groups in total. The van der Waals surface area contributed by atoms with E-state index in [0.29, 0.717) is 4.90 Å². The van der Waals surface area contributed by atoms with Crippen molar-refractivity contribution in [2.24, 2.45) is 5.92 Å². The first-order valence-corrected chi connectivity index (χ1v) is 12.7. The minimum absolute atomic E-state index is 0.112. The molecule has 1 saturated carbocycles. The summed E-state index contributed by atoms with van der Waals surface area (Å²) in [6, 6.07) is 27.2. The van der Waals surface area contributed by atoms with E-state index < -0.39 is 15.1 Å². The second kappa shape index (κ2) is 8.35. The van der Waals surface area contributed by atoms with Gasteiger partial charge >= 0.3 is 0 Å². The molecule has 0 radical (unpaired) electrons. The Hall–Kier alpha value is -2.85. The summed E-state index contributed by atoms with van der Waals surface area (Å²) in [6.07, 6.45) is 5.27. The van der Waals surface area contributed by atoms with Gasteiger partial charge in [0.25, 0.3) is 0 Å². The van der Waals surface area contributed by atoms with Crippen molar-refractivity contribution in [2.75, 3.05) is 0 Å². The monoisotopic (exact) mass is 429 g/mol. The summed E-state index contributed by atoms with van der Waals surface area (Å²) in [5.41, 5.74) is 3.87. The van der Waals surface area contributed by atoms with Crippen molar-refractivity contribution < 1.29 is 8.42 Å². The summed E-state index contributed by atoms with van der Waals surface area (Å²) in [7, 11) is -3.57. The van der Waals surface area contributed by atoms with Crippen molar-refractivity contribution in [3.05, 3.63) is 90.5 Å². The third-order valence-corrected chi connectivity index (χ3v) is 8.80. The van der Waals surface area contributed by atoms with Gasteiger partial charge in [-0.2, -0.15) is 0 Å². The zero-order valence-corrected chi connectivity index (χ0v) is 18.3. The number of rotatable bonds is 5. The topological polar surface area (TPSA) is 49.9 Å². The molecule has 1 aromatic heterocycles. The van der Waals surface area contributed by atoms with Crippen LogP contribution in [-0.2, 0) is 9.84 Å². The molecule has 4 aromatic rings. The molecule has 1 heterocycles. The molecule has 158 valence electrons. The average molecular weight is 430 g/mol. The SMILES string of the molecule is O=S(=O)(c1ccccc1)C(c1c(-c2ccccc2)[nH]c2ccccc12)C1CCCCC1. The molecule has 1 unspecified atom stereocenters. The molecule has 3 aromatic carbocycles. The molecule has 0 bridgehead atoms. The number of fused-ring (bicyclic) bond motifs is 1. The van der Waals surface area contributed by atoms with Crippen LogP contribution in [0.3, 0.4) is 0 Å². The van der Waals surface area contributed by atoms with Crippen LogP contribution in [0.4, 0.5) is 0 Å². The lowest BCUT2D eigenvalue weighted by Gasteiger charge is -2.31. The van der Waals surface area contributed by atoms with E-state index in [9.17, 15) is 8.42 Å². The number of hydrogen-bond acceptors (Lipinski definition) is 2. The maximum atomic E-state index is 14.1. The molecule has 1 aliphatic carbocycles. The molecule has 1 aliphatic rings. The highest BCUT2D eigenvalue weighted by molar-refractivity contribution is 7.91. The van der Waals surface area contributed by atoms with Crippen LogP contribution in [0.15, 0.2) is 89.8 Å². The summed E-state index contributed by atoms with van der Waals surface area (Å²) in [6.45, 7) is 0. The zero-order chi connectivity index (χ0) is 21.3. The van der Waals surface area contributed by atoms with Crippen LogP contribution >= 0.6 is 0 Å². The smallest absolute Gasteiger partial charge is 0.185 e. The summed E-state index contributed by atoms with van der Waals surface area (Å²) in [5, 5.41) is 0.443. The van der Waals surface area contributed by atoms with Gasteiger partial charge in [0.05, 0.1) is 15.8 Å². The fourth-order valence-corrected chi connectivity index (χ4v) is 7.29. The van der Waals surface area contributed by atoms with Crippen molar-refractivity contribution in [1.82, 2.24) is 4.98 Å². The number of aromatic nitrogens is 1. The quantitative estimate of drug-likeness (QED) is 0.374. The lowest BCUT2D eigenvalue weighted by Crippen LogP contribution is -2.25. The number of hydrogen-bond donors (Lipinski definition) is 1. The maximum Gasteiger partial charge on any atom is 0.185 e. The van der Waals surface area contributed by atoms with E-state index in [0.717, 1.165) is 53.4 Å². The molecule has 0 saturated heterocycles. The van der Waals surface area contributed by atoms with Gasteiger partial charge in [-0.1, -0.05) is 86.0 Å². The Labute approximate surface area is 184 Å². The first-order valence-electron chi connectivity index (χ1n) is 11.1. The predicted octanol–water partition coefficient (Wildman–Crippen LogP) is 6.93. The van der Waals surface area contributed by atoms with Crippen LogP contribution in [0.2, 0.25) is 0 Å². The average Bonchev–Trinajstić information content (AvgIpc) is 3.20. The van der Waals surface area contributed by atoms with Crippen molar-refractivity contribution in [3.63, 3.8) is 0 Å². The molecule has 31 heavy (non-hydrogen) atoms. The first-order chi connectivity index (χ1) is 15.2. The molecule has 0 aliphatic heterocycles. The van der Waals surface area contributed by atoms with Crippen molar-refractivity contribution >= 4 is 20.7 Å². The molecule has 5 rings (SSSR count). The van der Waals surface area contributed by atoms with Gasteiger partial charge in [-0.3, -0.25) is 0 Å². The number of sulfone groups is 1. The molecular formula is C27H27NO2S. The molecule has 3 nitrogen and oxygen atoms in total. The maximum absolute atomic E-state index is 14.1. The third-order valence-electron chi connectivity index (χ3n) is 6.58. The van der Waals surface area contributed by atoms with Gasteiger partial charge in [0.15, 0.2) is 9.84 Å². The largest absolute Gasteiger partial charge is 0.354 e. The summed E-state index contributed by atoms with van der Waals surface area (Å²) in [4.78, 5) is 3.97. The van der Waals surface area contributed by atoms with E-state index >= 15 is 0 Å². The van der Waals surface area contributed by atoms with Crippen molar-refractivity contribution in [1.29, 1.82) is 0 Å². The van der Waals surface area contributed by atoms with Crippen molar-refractivity contribution in [2.45, 2.75) is 42.2 Å². The normalized spacial score (nSPS) is 16.4. The van der Waals surface area contributed by atoms with Crippen LogP contribution in [-0.4, -0.2) is 13.4 Å². The van der Waals surface area contributed by atoms with Gasteiger partial charge in [-0.05, 0) is 42.5 Å². The number of nitrogens with one attached hydrogen (secondary N) is 1. The highest BCUT2D eigenvalue weighted by Crippen LogP contribution is 2.47. The minimum atomic E-state index is -3.57. The van der Waals surface area contributed by atoms with Gasteiger partial charge in [-0.25, -0.2) is 8.42 Å². The molecule has 0 amide bonds. The molecule has 0 spiro atoms. The minimum Gasteiger partial charge on any atom is -0.354 e. The van der Waals surface area contributed by atoms with Crippen molar-refractivity contribution in [3.8, 4) is 11.3 Å². The fourth-order valence-electron chi connectivity index (χ4n) is 5.13. The Kier molecular flexibility index (Phi) is 5.41.